The van der Waals surface area contributed by atoms with Gasteiger partial charge in [-0.1, -0.05) is 12.1 Å². The first kappa shape index (κ1) is 18.2. The van der Waals surface area contributed by atoms with Gasteiger partial charge >= 0.3 is 0 Å². The first-order valence-corrected chi connectivity index (χ1v) is 9.98. The molecule has 0 saturated heterocycles. The molecule has 2 aromatic rings. The maximum atomic E-state index is 11.7. The monoisotopic (exact) mass is 376 g/mol. The Balaban J connectivity index is 1.94. The van der Waals surface area contributed by atoms with Crippen LogP contribution >= 0.6 is 0 Å². The molecule has 0 fully saturated rings. The van der Waals surface area contributed by atoms with E-state index in [9.17, 15) is 13.2 Å². The summed E-state index contributed by atoms with van der Waals surface area (Å²) in [5, 5.41) is 8.84. The van der Waals surface area contributed by atoms with Gasteiger partial charge < -0.3 is 9.64 Å². The van der Waals surface area contributed by atoms with Crippen molar-refractivity contribution in [3.05, 3.63) is 53.6 Å². The lowest BCUT2D eigenvalue weighted by Gasteiger charge is -2.36. The number of hydrogen-bond donors (Lipinski definition) is 2. The number of anilines is 1. The fourth-order valence-electron chi connectivity index (χ4n) is 3.02. The van der Waals surface area contributed by atoms with Crippen molar-refractivity contribution in [3.8, 4) is 5.75 Å². The Morgan fingerprint density at radius 2 is 1.92 bits per heavy atom. The van der Waals surface area contributed by atoms with Crippen molar-refractivity contribution in [3.63, 3.8) is 0 Å². The number of rotatable bonds is 4. The first-order valence-electron chi connectivity index (χ1n) is 8.09. The zero-order chi connectivity index (χ0) is 18.9. The number of nitrogens with zero attached hydrogens (tertiary/aromatic N) is 1. The molecule has 8 heteroatoms. The molecule has 1 amide bonds. The Labute approximate surface area is 152 Å². The van der Waals surface area contributed by atoms with Crippen molar-refractivity contribution >= 4 is 21.4 Å². The third kappa shape index (κ3) is 3.51. The fraction of sp³-hybridized carbons (Fsp3) is 0.278. The maximum Gasteiger partial charge on any atom is 0.274 e. The Bertz CT molecular complexity index is 925. The standard InChI is InChI=1S/C18H20N2O5S/c1-12(13-3-6-15(7-4-13)26(2,23)24)20-9-10-25-17-8-5-14(11-16(17)20)18(21)19-22/h3-8,11-12,22H,9-10H2,1-2H3,(H,19,21). The third-order valence-electron chi connectivity index (χ3n) is 4.48. The number of amides is 1. The summed E-state index contributed by atoms with van der Waals surface area (Å²) < 4.78 is 28.9. The largest absolute Gasteiger partial charge is 0.490 e. The summed E-state index contributed by atoms with van der Waals surface area (Å²) in [4.78, 5) is 14.1. The Morgan fingerprint density at radius 3 is 2.54 bits per heavy atom. The summed E-state index contributed by atoms with van der Waals surface area (Å²) in [6, 6.07) is 11.7. The van der Waals surface area contributed by atoms with Crippen molar-refractivity contribution < 1.29 is 23.2 Å². The van der Waals surface area contributed by atoms with E-state index in [0.717, 1.165) is 11.3 Å². The molecule has 0 spiro atoms. The Morgan fingerprint density at radius 1 is 1.23 bits per heavy atom. The van der Waals surface area contributed by atoms with Crippen LogP contribution in [-0.4, -0.2) is 38.9 Å². The number of sulfone groups is 1. The quantitative estimate of drug-likeness (QED) is 0.627. The van der Waals surface area contributed by atoms with Gasteiger partial charge in [-0.25, -0.2) is 13.9 Å². The van der Waals surface area contributed by atoms with Crippen molar-refractivity contribution in [2.45, 2.75) is 17.9 Å². The summed E-state index contributed by atoms with van der Waals surface area (Å²) in [6.07, 6.45) is 1.18. The molecule has 1 aliphatic rings. The summed E-state index contributed by atoms with van der Waals surface area (Å²) in [6.45, 7) is 3.12. The highest BCUT2D eigenvalue weighted by atomic mass is 32.2. The molecular weight excluding hydrogens is 356 g/mol. The highest BCUT2D eigenvalue weighted by Crippen LogP contribution is 2.37. The molecule has 0 aliphatic carbocycles. The second-order valence-corrected chi connectivity index (χ2v) is 8.20. The Kier molecular flexibility index (Phi) is 4.88. The molecule has 0 radical (unpaired) electrons. The predicted molar refractivity (Wildman–Crippen MR) is 96.5 cm³/mol. The number of carbonyl (C=O) groups is 1. The van der Waals surface area contributed by atoms with E-state index < -0.39 is 15.7 Å². The molecule has 1 heterocycles. The summed E-state index contributed by atoms with van der Waals surface area (Å²) in [7, 11) is -3.24. The van der Waals surface area contributed by atoms with Crippen molar-refractivity contribution in [2.75, 3.05) is 24.3 Å². The normalized spacial score (nSPS) is 15.0. The molecule has 138 valence electrons. The second-order valence-electron chi connectivity index (χ2n) is 6.18. The van der Waals surface area contributed by atoms with Crippen LogP contribution in [0.1, 0.15) is 28.9 Å². The molecular formula is C18H20N2O5S. The molecule has 1 aliphatic heterocycles. The van der Waals surface area contributed by atoms with Gasteiger partial charge in [0.05, 0.1) is 23.2 Å². The van der Waals surface area contributed by atoms with Crippen LogP contribution in [0.15, 0.2) is 47.4 Å². The first-order chi connectivity index (χ1) is 12.3. The topological polar surface area (TPSA) is 95.9 Å². The number of nitrogens with one attached hydrogen (secondary N) is 1. The number of carbonyl (C=O) groups excluding carboxylic acids is 1. The lowest BCUT2D eigenvalue weighted by atomic mass is 10.0. The molecule has 0 saturated carbocycles. The molecule has 3 rings (SSSR count). The van der Waals surface area contributed by atoms with Crippen LogP contribution in [0.3, 0.4) is 0 Å². The summed E-state index contributed by atoms with van der Waals surface area (Å²) in [5.41, 5.74) is 3.64. The van der Waals surface area contributed by atoms with Gasteiger partial charge in [-0.3, -0.25) is 10.0 Å². The molecule has 2 aromatic carbocycles. The average molecular weight is 376 g/mol. The number of ether oxygens (including phenoxy) is 1. The summed E-state index contributed by atoms with van der Waals surface area (Å²) in [5.74, 6) is 0.0637. The van der Waals surface area contributed by atoms with Gasteiger partial charge in [0.25, 0.3) is 5.91 Å². The van der Waals surface area contributed by atoms with E-state index >= 15 is 0 Å². The van der Waals surface area contributed by atoms with Crippen molar-refractivity contribution in [1.29, 1.82) is 0 Å². The van der Waals surface area contributed by atoms with E-state index in [1.54, 1.807) is 47.9 Å². The lowest BCUT2D eigenvalue weighted by molar-refractivity contribution is 0.0706. The Hall–Kier alpha value is -2.58. The third-order valence-corrected chi connectivity index (χ3v) is 5.61. The van der Waals surface area contributed by atoms with E-state index in [-0.39, 0.29) is 10.9 Å². The van der Waals surface area contributed by atoms with Gasteiger partial charge in [-0.2, -0.15) is 0 Å². The zero-order valence-electron chi connectivity index (χ0n) is 14.5. The molecule has 7 nitrogen and oxygen atoms in total. The molecule has 1 atom stereocenters. The number of fused-ring (bicyclic) bond motifs is 1. The van der Waals surface area contributed by atoms with Crippen molar-refractivity contribution in [1.82, 2.24) is 5.48 Å². The smallest absolute Gasteiger partial charge is 0.274 e. The van der Waals surface area contributed by atoms with Crippen LogP contribution < -0.4 is 15.1 Å². The van der Waals surface area contributed by atoms with E-state index in [1.165, 1.54) is 6.26 Å². The minimum absolute atomic E-state index is 0.0568. The van der Waals surface area contributed by atoms with Gasteiger partial charge in [0.15, 0.2) is 9.84 Å². The predicted octanol–water partition coefficient (Wildman–Crippen LogP) is 2.17. The number of hydrogen-bond acceptors (Lipinski definition) is 6. The van der Waals surface area contributed by atoms with Gasteiger partial charge in [-0.15, -0.1) is 0 Å². The maximum absolute atomic E-state index is 11.7. The SMILES string of the molecule is CC(c1ccc(S(C)(=O)=O)cc1)N1CCOc2ccc(C(=O)NO)cc21. The second kappa shape index (κ2) is 6.97. The van der Waals surface area contributed by atoms with Gasteiger partial charge in [-0.05, 0) is 42.8 Å². The lowest BCUT2D eigenvalue weighted by Crippen LogP contribution is -2.35. The summed E-state index contributed by atoms with van der Waals surface area (Å²) >= 11 is 0. The van der Waals surface area contributed by atoms with E-state index in [0.29, 0.717) is 24.5 Å². The molecule has 26 heavy (non-hydrogen) atoms. The van der Waals surface area contributed by atoms with Crippen LogP contribution in [0.2, 0.25) is 0 Å². The van der Waals surface area contributed by atoms with Crippen LogP contribution in [0.25, 0.3) is 0 Å². The molecule has 0 aromatic heterocycles. The van der Waals surface area contributed by atoms with Gasteiger partial charge in [0.2, 0.25) is 0 Å². The molecule has 0 bridgehead atoms. The van der Waals surface area contributed by atoms with E-state index in [4.69, 9.17) is 9.94 Å². The van der Waals surface area contributed by atoms with E-state index in [2.05, 4.69) is 4.90 Å². The highest BCUT2D eigenvalue weighted by Gasteiger charge is 2.25. The van der Waals surface area contributed by atoms with Crippen LogP contribution in [0, 0.1) is 0 Å². The highest BCUT2D eigenvalue weighted by molar-refractivity contribution is 7.90. The minimum Gasteiger partial charge on any atom is -0.490 e. The van der Waals surface area contributed by atoms with Crippen LogP contribution in [0.4, 0.5) is 5.69 Å². The van der Waals surface area contributed by atoms with Crippen LogP contribution in [-0.2, 0) is 9.84 Å². The van der Waals surface area contributed by atoms with E-state index in [1.807, 2.05) is 6.92 Å². The molecule has 2 N–H and O–H groups in total. The minimum atomic E-state index is -3.24. The number of hydroxylamine groups is 1. The van der Waals surface area contributed by atoms with Crippen LogP contribution in [0.5, 0.6) is 5.75 Å². The van der Waals surface area contributed by atoms with Gasteiger partial charge in [0, 0.05) is 11.8 Å². The average Bonchev–Trinajstić information content (AvgIpc) is 2.65. The molecule has 1 unspecified atom stereocenters. The number of benzene rings is 2. The van der Waals surface area contributed by atoms with Crippen molar-refractivity contribution in [2.24, 2.45) is 0 Å². The zero-order valence-corrected chi connectivity index (χ0v) is 15.3. The van der Waals surface area contributed by atoms with Gasteiger partial charge in [0.1, 0.15) is 12.4 Å². The fourth-order valence-corrected chi connectivity index (χ4v) is 3.65.